The van der Waals surface area contributed by atoms with Crippen LogP contribution in [0.25, 0.3) is 10.8 Å². The van der Waals surface area contributed by atoms with Crippen molar-refractivity contribution >= 4 is 34.3 Å². The summed E-state index contributed by atoms with van der Waals surface area (Å²) in [7, 11) is 0. The number of carbonyl (C=O) groups excluding carboxylic acids is 3. The number of benzene rings is 3. The highest BCUT2D eigenvalue weighted by molar-refractivity contribution is 6.10. The Hall–Kier alpha value is -4.07. The average Bonchev–Trinajstić information content (AvgIpc) is 2.97. The first kappa shape index (κ1) is 20.8. The van der Waals surface area contributed by atoms with Gasteiger partial charge in [0, 0.05) is 12.1 Å². The Labute approximate surface area is 190 Å². The van der Waals surface area contributed by atoms with Gasteiger partial charge >= 0.3 is 6.03 Å². The van der Waals surface area contributed by atoms with E-state index in [1.54, 1.807) is 31.2 Å². The Bertz CT molecular complexity index is 1270. The molecule has 0 unspecified atom stereocenters. The fraction of sp³-hybridized carbons (Fsp3) is 0.240. The number of hydrogen-bond acceptors (Lipinski definition) is 5. The van der Waals surface area contributed by atoms with Crippen molar-refractivity contribution in [3.8, 4) is 11.5 Å². The number of urea groups is 1. The van der Waals surface area contributed by atoms with E-state index < -0.39 is 29.9 Å². The van der Waals surface area contributed by atoms with Crippen molar-refractivity contribution in [2.45, 2.75) is 18.9 Å². The number of nitrogens with zero attached hydrogens (tertiary/aromatic N) is 1. The van der Waals surface area contributed by atoms with Crippen molar-refractivity contribution in [3.63, 3.8) is 0 Å². The molecule has 3 aromatic rings. The monoisotopic (exact) mass is 445 g/mol. The molecule has 3 aromatic carbocycles. The van der Waals surface area contributed by atoms with E-state index in [1.165, 1.54) is 0 Å². The zero-order valence-electron chi connectivity index (χ0n) is 18.1. The Morgan fingerprint density at radius 1 is 1.00 bits per heavy atom. The highest BCUT2D eigenvalue weighted by atomic mass is 16.5. The van der Waals surface area contributed by atoms with Crippen LogP contribution >= 0.6 is 0 Å². The van der Waals surface area contributed by atoms with E-state index in [-0.39, 0.29) is 0 Å². The summed E-state index contributed by atoms with van der Waals surface area (Å²) < 4.78 is 11.4. The SMILES string of the molecule is C[C@@]1(c2ccc3c(c2)OCCCO3)NC(=O)N(CC(=O)Nc2ccc3ccccc3c2)C1=O. The Morgan fingerprint density at radius 2 is 1.76 bits per heavy atom. The third-order valence-corrected chi connectivity index (χ3v) is 5.93. The van der Waals surface area contributed by atoms with Gasteiger partial charge in [-0.1, -0.05) is 36.4 Å². The molecular formula is C25H23N3O5. The van der Waals surface area contributed by atoms with Crippen LogP contribution in [0.3, 0.4) is 0 Å². The second-order valence-corrected chi connectivity index (χ2v) is 8.27. The molecule has 2 aliphatic rings. The molecule has 0 saturated carbocycles. The van der Waals surface area contributed by atoms with Gasteiger partial charge < -0.3 is 20.1 Å². The lowest BCUT2D eigenvalue weighted by Gasteiger charge is -2.23. The molecule has 1 saturated heterocycles. The third kappa shape index (κ3) is 3.84. The normalized spacial score (nSPS) is 19.8. The number of ether oxygens (including phenoxy) is 2. The van der Waals surface area contributed by atoms with E-state index in [0.717, 1.165) is 22.1 Å². The summed E-state index contributed by atoms with van der Waals surface area (Å²) in [5.74, 6) is 0.163. The minimum Gasteiger partial charge on any atom is -0.490 e. The van der Waals surface area contributed by atoms with E-state index in [1.807, 2.05) is 36.4 Å². The Balaban J connectivity index is 1.32. The molecule has 2 aliphatic heterocycles. The van der Waals surface area contributed by atoms with E-state index >= 15 is 0 Å². The lowest BCUT2D eigenvalue weighted by atomic mass is 9.91. The van der Waals surface area contributed by atoms with Crippen LogP contribution in [0.2, 0.25) is 0 Å². The molecule has 0 radical (unpaired) electrons. The van der Waals surface area contributed by atoms with Crippen LogP contribution in [0.15, 0.2) is 60.7 Å². The minimum absolute atomic E-state index is 0.391. The number of carbonyl (C=O) groups is 3. The lowest BCUT2D eigenvalue weighted by Crippen LogP contribution is -2.42. The minimum atomic E-state index is -1.31. The number of rotatable bonds is 4. The van der Waals surface area contributed by atoms with Gasteiger partial charge in [-0.3, -0.25) is 14.5 Å². The third-order valence-electron chi connectivity index (χ3n) is 5.93. The van der Waals surface area contributed by atoms with E-state index in [9.17, 15) is 14.4 Å². The van der Waals surface area contributed by atoms with Gasteiger partial charge in [0.1, 0.15) is 12.1 Å². The van der Waals surface area contributed by atoms with Gasteiger partial charge in [0.25, 0.3) is 5.91 Å². The zero-order valence-corrected chi connectivity index (χ0v) is 18.1. The molecule has 8 nitrogen and oxygen atoms in total. The van der Waals surface area contributed by atoms with Crippen LogP contribution in [-0.4, -0.2) is 42.5 Å². The van der Waals surface area contributed by atoms with Gasteiger partial charge in [-0.15, -0.1) is 0 Å². The molecule has 4 amide bonds. The van der Waals surface area contributed by atoms with Crippen molar-refractivity contribution in [2.75, 3.05) is 25.1 Å². The van der Waals surface area contributed by atoms with Crippen LogP contribution < -0.4 is 20.1 Å². The van der Waals surface area contributed by atoms with Gasteiger partial charge in [-0.25, -0.2) is 4.79 Å². The number of anilines is 1. The molecule has 168 valence electrons. The number of fused-ring (bicyclic) bond motifs is 2. The van der Waals surface area contributed by atoms with Gasteiger partial charge in [0.2, 0.25) is 5.91 Å². The fourth-order valence-corrected chi connectivity index (χ4v) is 4.12. The fourth-order valence-electron chi connectivity index (χ4n) is 4.12. The largest absolute Gasteiger partial charge is 0.490 e. The summed E-state index contributed by atoms with van der Waals surface area (Å²) in [6.45, 7) is 2.29. The van der Waals surface area contributed by atoms with Crippen molar-refractivity contribution in [1.82, 2.24) is 10.2 Å². The van der Waals surface area contributed by atoms with Crippen LogP contribution in [0, 0.1) is 0 Å². The molecule has 0 aromatic heterocycles. The molecule has 33 heavy (non-hydrogen) atoms. The number of imide groups is 1. The molecular weight excluding hydrogens is 422 g/mol. The molecule has 1 fully saturated rings. The predicted octanol–water partition coefficient (Wildman–Crippen LogP) is 3.41. The lowest BCUT2D eigenvalue weighted by molar-refractivity contribution is -0.133. The summed E-state index contributed by atoms with van der Waals surface area (Å²) in [4.78, 5) is 39.4. The van der Waals surface area contributed by atoms with Crippen molar-refractivity contribution in [1.29, 1.82) is 0 Å². The summed E-state index contributed by atoms with van der Waals surface area (Å²) in [5.41, 5.74) is -0.163. The standard InChI is InChI=1S/C25H23N3O5/c1-25(18-8-10-20-21(14-18)33-12-4-11-32-20)23(30)28(24(31)27-25)15-22(29)26-19-9-7-16-5-2-3-6-17(16)13-19/h2-3,5-10,13-14H,4,11-12,15H2,1H3,(H,26,29)(H,27,31)/t25-/m0/s1. The maximum Gasteiger partial charge on any atom is 0.325 e. The maximum atomic E-state index is 13.2. The van der Waals surface area contributed by atoms with Crippen molar-refractivity contribution < 1.29 is 23.9 Å². The molecule has 8 heteroatoms. The Kier molecular flexibility index (Phi) is 5.12. The molecule has 2 heterocycles. The van der Waals surface area contributed by atoms with Crippen molar-refractivity contribution in [3.05, 3.63) is 66.2 Å². The molecule has 2 N–H and O–H groups in total. The van der Waals surface area contributed by atoms with E-state index in [0.29, 0.717) is 36.0 Å². The Morgan fingerprint density at radius 3 is 2.58 bits per heavy atom. The molecule has 0 aliphatic carbocycles. The predicted molar refractivity (Wildman–Crippen MR) is 122 cm³/mol. The van der Waals surface area contributed by atoms with Gasteiger partial charge in [0.05, 0.1) is 13.2 Å². The van der Waals surface area contributed by atoms with Gasteiger partial charge in [-0.05, 0) is 47.5 Å². The topological polar surface area (TPSA) is 97.0 Å². The van der Waals surface area contributed by atoms with E-state index in [4.69, 9.17) is 9.47 Å². The van der Waals surface area contributed by atoms with Gasteiger partial charge in [0.15, 0.2) is 11.5 Å². The zero-order chi connectivity index (χ0) is 23.0. The van der Waals surface area contributed by atoms with Gasteiger partial charge in [-0.2, -0.15) is 0 Å². The van der Waals surface area contributed by atoms with Crippen LogP contribution in [0.5, 0.6) is 11.5 Å². The number of amides is 4. The number of nitrogens with one attached hydrogen (secondary N) is 2. The second kappa shape index (κ2) is 8.12. The quantitative estimate of drug-likeness (QED) is 0.600. The highest BCUT2D eigenvalue weighted by Gasteiger charge is 2.49. The first-order valence-electron chi connectivity index (χ1n) is 10.8. The molecule has 1 atom stereocenters. The smallest absolute Gasteiger partial charge is 0.325 e. The summed E-state index contributed by atoms with van der Waals surface area (Å²) in [6.07, 6.45) is 0.761. The molecule has 5 rings (SSSR count). The molecule has 0 spiro atoms. The average molecular weight is 445 g/mol. The van der Waals surface area contributed by atoms with Crippen LogP contribution in [-0.2, 0) is 15.1 Å². The highest BCUT2D eigenvalue weighted by Crippen LogP contribution is 2.36. The van der Waals surface area contributed by atoms with Crippen LogP contribution in [0.4, 0.5) is 10.5 Å². The molecule has 0 bridgehead atoms. The summed E-state index contributed by atoms with van der Waals surface area (Å²) >= 11 is 0. The summed E-state index contributed by atoms with van der Waals surface area (Å²) in [6, 6.07) is 17.9. The second-order valence-electron chi connectivity index (χ2n) is 8.27. The van der Waals surface area contributed by atoms with Crippen molar-refractivity contribution in [2.24, 2.45) is 0 Å². The summed E-state index contributed by atoms with van der Waals surface area (Å²) in [5, 5.41) is 7.52. The van der Waals surface area contributed by atoms with Crippen LogP contribution in [0.1, 0.15) is 18.9 Å². The first-order chi connectivity index (χ1) is 15.9. The van der Waals surface area contributed by atoms with E-state index in [2.05, 4.69) is 10.6 Å². The first-order valence-corrected chi connectivity index (χ1v) is 10.8. The maximum absolute atomic E-state index is 13.2. The number of hydrogen-bond donors (Lipinski definition) is 2.